The van der Waals surface area contributed by atoms with Crippen LogP contribution in [0.4, 0.5) is 5.69 Å². The largest absolute Gasteiger partial charge is 0.371 e. The lowest BCUT2D eigenvalue weighted by Gasteiger charge is -2.32. The van der Waals surface area contributed by atoms with Crippen LogP contribution >= 0.6 is 24.8 Å². The van der Waals surface area contributed by atoms with Crippen molar-refractivity contribution in [3.05, 3.63) is 29.8 Å². The van der Waals surface area contributed by atoms with Gasteiger partial charge < -0.3 is 10.6 Å². The van der Waals surface area contributed by atoms with E-state index in [0.29, 0.717) is 6.04 Å². The van der Waals surface area contributed by atoms with E-state index in [4.69, 9.17) is 5.73 Å². The zero-order chi connectivity index (χ0) is 10.7. The normalized spacial score (nSPS) is 16.0. The third-order valence-corrected chi connectivity index (χ3v) is 3.22. The number of halogens is 2. The second-order valence-corrected chi connectivity index (χ2v) is 4.35. The van der Waals surface area contributed by atoms with Gasteiger partial charge in [0.15, 0.2) is 0 Å². The van der Waals surface area contributed by atoms with Gasteiger partial charge in [0.05, 0.1) is 0 Å². The monoisotopic (exact) mass is 276 g/mol. The van der Waals surface area contributed by atoms with Crippen molar-refractivity contribution in [1.82, 2.24) is 0 Å². The summed E-state index contributed by atoms with van der Waals surface area (Å²) in [6, 6.07) is 9.27. The fourth-order valence-corrected chi connectivity index (χ4v) is 2.13. The molecule has 0 spiro atoms. The summed E-state index contributed by atoms with van der Waals surface area (Å²) >= 11 is 0. The molecule has 2 nitrogen and oxygen atoms in total. The Morgan fingerprint density at radius 3 is 2.47 bits per heavy atom. The summed E-state index contributed by atoms with van der Waals surface area (Å²) in [6.07, 6.45) is 3.36. The third-order valence-electron chi connectivity index (χ3n) is 3.22. The summed E-state index contributed by atoms with van der Waals surface area (Å²) in [4.78, 5) is 2.45. The second kappa shape index (κ2) is 7.80. The maximum absolute atomic E-state index is 5.90. The highest BCUT2D eigenvalue weighted by Gasteiger charge is 2.15. The molecule has 98 valence electrons. The van der Waals surface area contributed by atoms with E-state index in [1.54, 1.807) is 0 Å². The van der Waals surface area contributed by atoms with Gasteiger partial charge in [-0.3, -0.25) is 0 Å². The van der Waals surface area contributed by atoms with Gasteiger partial charge in [0.1, 0.15) is 0 Å². The predicted molar refractivity (Wildman–Crippen MR) is 79.7 cm³/mol. The molecule has 0 atom stereocenters. The van der Waals surface area contributed by atoms with Crippen LogP contribution in [0.2, 0.25) is 0 Å². The Bertz CT molecular complexity index is 323. The molecule has 0 amide bonds. The van der Waals surface area contributed by atoms with E-state index in [2.05, 4.69) is 36.1 Å². The zero-order valence-electron chi connectivity index (χ0n) is 10.3. The minimum absolute atomic E-state index is 0. The molecule has 1 aromatic carbocycles. The fourth-order valence-electron chi connectivity index (χ4n) is 2.13. The van der Waals surface area contributed by atoms with E-state index in [0.717, 1.165) is 32.4 Å². The highest BCUT2D eigenvalue weighted by molar-refractivity contribution is 5.85. The molecule has 0 bridgehead atoms. The van der Waals surface area contributed by atoms with Crippen LogP contribution in [0.15, 0.2) is 24.3 Å². The molecule has 1 aliphatic heterocycles. The number of nitrogens with two attached hydrogens (primary N) is 1. The average Bonchev–Trinajstić information content (AvgIpc) is 2.30. The van der Waals surface area contributed by atoms with Crippen LogP contribution in [0.3, 0.4) is 0 Å². The molecule has 1 saturated heterocycles. The average molecular weight is 277 g/mol. The van der Waals surface area contributed by atoms with Gasteiger partial charge in [-0.1, -0.05) is 19.1 Å². The van der Waals surface area contributed by atoms with E-state index in [-0.39, 0.29) is 24.8 Å². The molecule has 2 rings (SSSR count). The quantitative estimate of drug-likeness (QED) is 0.900. The van der Waals surface area contributed by atoms with Crippen LogP contribution in [-0.2, 0) is 6.42 Å². The summed E-state index contributed by atoms with van der Waals surface area (Å²) in [7, 11) is 0. The van der Waals surface area contributed by atoms with E-state index < -0.39 is 0 Å². The predicted octanol–water partition coefficient (Wildman–Crippen LogP) is 3.02. The van der Waals surface area contributed by atoms with Gasteiger partial charge in [-0.15, -0.1) is 24.8 Å². The van der Waals surface area contributed by atoms with Crippen LogP contribution in [0.25, 0.3) is 0 Å². The molecule has 1 aromatic rings. The van der Waals surface area contributed by atoms with Crippen LogP contribution < -0.4 is 10.6 Å². The zero-order valence-corrected chi connectivity index (χ0v) is 11.9. The van der Waals surface area contributed by atoms with Gasteiger partial charge >= 0.3 is 0 Å². The van der Waals surface area contributed by atoms with Gasteiger partial charge in [0.25, 0.3) is 0 Å². The first-order chi connectivity index (χ1) is 7.29. The molecule has 1 fully saturated rings. The van der Waals surface area contributed by atoms with Crippen molar-refractivity contribution in [2.45, 2.75) is 32.2 Å². The molecule has 0 aliphatic carbocycles. The SMILES string of the molecule is CCc1cccc(N2CCC(N)CC2)c1.Cl.Cl. The number of hydrogen-bond acceptors (Lipinski definition) is 2. The van der Waals surface area contributed by atoms with Crippen molar-refractivity contribution >= 4 is 30.5 Å². The molecule has 0 aromatic heterocycles. The van der Waals surface area contributed by atoms with Crippen LogP contribution in [-0.4, -0.2) is 19.1 Å². The maximum Gasteiger partial charge on any atom is 0.0368 e. The number of hydrogen-bond donors (Lipinski definition) is 1. The summed E-state index contributed by atoms with van der Waals surface area (Å²) in [6.45, 7) is 4.41. The number of rotatable bonds is 2. The Balaban J connectivity index is 0.00000128. The lowest BCUT2D eigenvalue weighted by atomic mass is 10.0. The number of aryl methyl sites for hydroxylation is 1. The number of piperidine rings is 1. The van der Waals surface area contributed by atoms with E-state index in [1.165, 1.54) is 11.3 Å². The molecule has 1 heterocycles. The van der Waals surface area contributed by atoms with E-state index in [9.17, 15) is 0 Å². The third kappa shape index (κ3) is 4.38. The van der Waals surface area contributed by atoms with E-state index >= 15 is 0 Å². The minimum Gasteiger partial charge on any atom is -0.371 e. The molecule has 0 radical (unpaired) electrons. The Hall–Kier alpha value is -0.440. The van der Waals surface area contributed by atoms with Crippen molar-refractivity contribution in [2.24, 2.45) is 5.73 Å². The first kappa shape index (κ1) is 16.6. The Kier molecular flexibility index (Phi) is 7.60. The first-order valence-corrected chi connectivity index (χ1v) is 5.89. The van der Waals surface area contributed by atoms with Gasteiger partial charge in [0, 0.05) is 24.8 Å². The number of benzene rings is 1. The molecule has 17 heavy (non-hydrogen) atoms. The van der Waals surface area contributed by atoms with Crippen molar-refractivity contribution in [2.75, 3.05) is 18.0 Å². The molecule has 0 saturated carbocycles. The maximum atomic E-state index is 5.90. The summed E-state index contributed by atoms with van der Waals surface area (Å²) in [5.41, 5.74) is 8.69. The number of anilines is 1. The van der Waals surface area contributed by atoms with Crippen LogP contribution in [0, 0.1) is 0 Å². The smallest absolute Gasteiger partial charge is 0.0368 e. The topological polar surface area (TPSA) is 29.3 Å². The fraction of sp³-hybridized carbons (Fsp3) is 0.538. The minimum atomic E-state index is 0. The second-order valence-electron chi connectivity index (χ2n) is 4.35. The van der Waals surface area contributed by atoms with Crippen LogP contribution in [0.1, 0.15) is 25.3 Å². The summed E-state index contributed by atoms with van der Waals surface area (Å²) in [5.74, 6) is 0. The summed E-state index contributed by atoms with van der Waals surface area (Å²) < 4.78 is 0. The standard InChI is InChI=1S/C13H20N2.2ClH/c1-2-11-4-3-5-13(10-11)15-8-6-12(14)7-9-15;;/h3-5,10,12H,2,6-9,14H2,1H3;2*1H. The Labute approximate surface area is 116 Å². The van der Waals surface area contributed by atoms with Gasteiger partial charge in [-0.2, -0.15) is 0 Å². The van der Waals surface area contributed by atoms with Gasteiger partial charge in [-0.05, 0) is 37.0 Å². The molecular formula is C13H22Cl2N2. The molecule has 4 heteroatoms. The van der Waals surface area contributed by atoms with Gasteiger partial charge in [0.2, 0.25) is 0 Å². The van der Waals surface area contributed by atoms with Crippen molar-refractivity contribution in [3.8, 4) is 0 Å². The number of nitrogens with zero attached hydrogens (tertiary/aromatic N) is 1. The van der Waals surface area contributed by atoms with Gasteiger partial charge in [-0.25, -0.2) is 0 Å². The molecule has 1 aliphatic rings. The lowest BCUT2D eigenvalue weighted by Crippen LogP contribution is -2.39. The molecule has 2 N–H and O–H groups in total. The Morgan fingerprint density at radius 2 is 1.88 bits per heavy atom. The molecular weight excluding hydrogens is 255 g/mol. The van der Waals surface area contributed by atoms with Crippen molar-refractivity contribution in [3.63, 3.8) is 0 Å². The van der Waals surface area contributed by atoms with Crippen molar-refractivity contribution < 1.29 is 0 Å². The summed E-state index contributed by atoms with van der Waals surface area (Å²) in [5, 5.41) is 0. The first-order valence-electron chi connectivity index (χ1n) is 5.89. The highest BCUT2D eigenvalue weighted by atomic mass is 35.5. The van der Waals surface area contributed by atoms with Crippen LogP contribution in [0.5, 0.6) is 0 Å². The van der Waals surface area contributed by atoms with E-state index in [1.807, 2.05) is 0 Å². The Morgan fingerprint density at radius 1 is 1.24 bits per heavy atom. The molecule has 0 unspecified atom stereocenters. The lowest BCUT2D eigenvalue weighted by molar-refractivity contribution is 0.501. The highest BCUT2D eigenvalue weighted by Crippen LogP contribution is 2.20. The van der Waals surface area contributed by atoms with Crippen molar-refractivity contribution in [1.29, 1.82) is 0 Å².